The summed E-state index contributed by atoms with van der Waals surface area (Å²) in [4.78, 5) is 11.3. The van der Waals surface area contributed by atoms with Crippen LogP contribution in [-0.4, -0.2) is 18.0 Å². The summed E-state index contributed by atoms with van der Waals surface area (Å²) >= 11 is 0. The number of hydrogen-bond donors (Lipinski definition) is 2. The first kappa shape index (κ1) is 10.9. The number of amides is 1. The minimum atomic E-state index is -0.151. The highest BCUT2D eigenvalue weighted by Gasteiger charge is 2.36. The van der Waals surface area contributed by atoms with Crippen LogP contribution in [0.15, 0.2) is 0 Å². The Labute approximate surface area is 91.8 Å². The third kappa shape index (κ3) is 3.20. The molecule has 0 aromatic rings. The van der Waals surface area contributed by atoms with Crippen molar-refractivity contribution in [2.24, 2.45) is 11.7 Å². The van der Waals surface area contributed by atoms with Crippen LogP contribution in [0.4, 0.5) is 0 Å². The third-order valence-corrected chi connectivity index (χ3v) is 3.67. The summed E-state index contributed by atoms with van der Waals surface area (Å²) in [5, 5.41) is 3.48. The van der Waals surface area contributed by atoms with Gasteiger partial charge >= 0.3 is 0 Å². The van der Waals surface area contributed by atoms with Crippen LogP contribution < -0.4 is 11.1 Å². The van der Waals surface area contributed by atoms with Gasteiger partial charge in [-0.1, -0.05) is 25.7 Å². The quantitative estimate of drug-likeness (QED) is 0.692. The van der Waals surface area contributed by atoms with Crippen LogP contribution in [0.5, 0.6) is 0 Å². The number of primary amides is 1. The number of carbonyl (C=O) groups is 1. The minimum absolute atomic E-state index is 0.0481. The first-order chi connectivity index (χ1) is 7.27. The zero-order valence-electron chi connectivity index (χ0n) is 9.37. The Hall–Kier alpha value is -0.570. The molecule has 3 heteroatoms. The average molecular weight is 210 g/mol. The molecule has 0 bridgehead atoms. The van der Waals surface area contributed by atoms with E-state index in [9.17, 15) is 4.79 Å². The van der Waals surface area contributed by atoms with Gasteiger partial charge in [0.15, 0.2) is 0 Å². The molecule has 1 atom stereocenters. The summed E-state index contributed by atoms with van der Waals surface area (Å²) in [5.74, 6) is 0.382. The van der Waals surface area contributed by atoms with E-state index in [2.05, 4.69) is 5.32 Å². The van der Waals surface area contributed by atoms with Gasteiger partial charge in [-0.05, 0) is 31.6 Å². The lowest BCUT2D eigenvalue weighted by atomic mass is 10.1. The first-order valence-electron chi connectivity index (χ1n) is 6.33. The standard InChI is InChI=1S/C12H22N2O/c13-12(15)11(9-7-8-9)14-10-5-3-1-2-4-6-10/h9-11,14H,1-8H2,(H2,13,15). The predicted octanol–water partition coefficient (Wildman–Crippen LogP) is 1.56. The van der Waals surface area contributed by atoms with Crippen molar-refractivity contribution in [1.82, 2.24) is 5.32 Å². The van der Waals surface area contributed by atoms with E-state index in [4.69, 9.17) is 5.73 Å². The van der Waals surface area contributed by atoms with Gasteiger partial charge in [-0.25, -0.2) is 0 Å². The molecule has 0 aliphatic heterocycles. The second-order valence-corrected chi connectivity index (χ2v) is 5.07. The summed E-state index contributed by atoms with van der Waals surface area (Å²) in [6, 6.07) is 0.485. The molecule has 1 unspecified atom stereocenters. The molecule has 3 N–H and O–H groups in total. The zero-order chi connectivity index (χ0) is 10.7. The van der Waals surface area contributed by atoms with Crippen LogP contribution in [0.25, 0.3) is 0 Å². The highest BCUT2D eigenvalue weighted by Crippen LogP contribution is 2.33. The number of carbonyl (C=O) groups excluding carboxylic acids is 1. The SMILES string of the molecule is NC(=O)C(NC1CCCCCC1)C1CC1. The number of rotatable bonds is 4. The third-order valence-electron chi connectivity index (χ3n) is 3.67. The van der Waals surface area contributed by atoms with Gasteiger partial charge in [-0.3, -0.25) is 4.79 Å². The molecule has 0 saturated heterocycles. The molecule has 2 aliphatic rings. The monoisotopic (exact) mass is 210 g/mol. The van der Waals surface area contributed by atoms with Crippen LogP contribution in [-0.2, 0) is 4.79 Å². The van der Waals surface area contributed by atoms with Crippen molar-refractivity contribution < 1.29 is 4.79 Å². The van der Waals surface area contributed by atoms with Crippen molar-refractivity contribution in [3.05, 3.63) is 0 Å². The lowest BCUT2D eigenvalue weighted by Crippen LogP contribution is -2.47. The van der Waals surface area contributed by atoms with Crippen molar-refractivity contribution in [3.8, 4) is 0 Å². The van der Waals surface area contributed by atoms with Gasteiger partial charge < -0.3 is 11.1 Å². The highest BCUT2D eigenvalue weighted by atomic mass is 16.1. The van der Waals surface area contributed by atoms with Gasteiger partial charge in [0.1, 0.15) is 0 Å². The van der Waals surface area contributed by atoms with E-state index in [1.165, 1.54) is 51.4 Å². The Bertz CT molecular complexity index is 218. The molecule has 0 aromatic carbocycles. The molecule has 3 nitrogen and oxygen atoms in total. The van der Waals surface area contributed by atoms with E-state index in [1.807, 2.05) is 0 Å². The van der Waals surface area contributed by atoms with Crippen LogP contribution in [0, 0.1) is 5.92 Å². The van der Waals surface area contributed by atoms with Crippen LogP contribution >= 0.6 is 0 Å². The molecule has 2 rings (SSSR count). The van der Waals surface area contributed by atoms with Crippen LogP contribution in [0.2, 0.25) is 0 Å². The number of nitrogens with two attached hydrogens (primary N) is 1. The Morgan fingerprint density at radius 1 is 1.07 bits per heavy atom. The van der Waals surface area contributed by atoms with Crippen LogP contribution in [0.1, 0.15) is 51.4 Å². The van der Waals surface area contributed by atoms with Crippen molar-refractivity contribution in [2.45, 2.75) is 63.5 Å². The highest BCUT2D eigenvalue weighted by molar-refractivity contribution is 5.80. The Morgan fingerprint density at radius 3 is 2.13 bits per heavy atom. The Balaban J connectivity index is 1.84. The molecule has 0 spiro atoms. The lowest BCUT2D eigenvalue weighted by Gasteiger charge is -2.22. The molecular weight excluding hydrogens is 188 g/mol. The fraction of sp³-hybridized carbons (Fsp3) is 0.917. The van der Waals surface area contributed by atoms with E-state index in [-0.39, 0.29) is 11.9 Å². The topological polar surface area (TPSA) is 55.1 Å². The molecule has 2 saturated carbocycles. The van der Waals surface area contributed by atoms with E-state index in [0.29, 0.717) is 12.0 Å². The summed E-state index contributed by atoms with van der Waals surface area (Å²) in [6.07, 6.45) is 10.1. The van der Waals surface area contributed by atoms with Gasteiger partial charge in [-0.2, -0.15) is 0 Å². The van der Waals surface area contributed by atoms with Crippen molar-refractivity contribution >= 4 is 5.91 Å². The van der Waals surface area contributed by atoms with Gasteiger partial charge in [0.25, 0.3) is 0 Å². The summed E-state index contributed by atoms with van der Waals surface area (Å²) in [7, 11) is 0. The van der Waals surface area contributed by atoms with E-state index >= 15 is 0 Å². The molecule has 86 valence electrons. The van der Waals surface area contributed by atoms with Gasteiger partial charge in [0, 0.05) is 6.04 Å². The minimum Gasteiger partial charge on any atom is -0.368 e. The van der Waals surface area contributed by atoms with Gasteiger partial charge in [0.05, 0.1) is 6.04 Å². The van der Waals surface area contributed by atoms with Crippen molar-refractivity contribution in [1.29, 1.82) is 0 Å². The van der Waals surface area contributed by atoms with Gasteiger partial charge in [-0.15, -0.1) is 0 Å². The van der Waals surface area contributed by atoms with E-state index in [1.54, 1.807) is 0 Å². The number of nitrogens with one attached hydrogen (secondary N) is 1. The second kappa shape index (κ2) is 4.97. The lowest BCUT2D eigenvalue weighted by molar-refractivity contribution is -0.120. The van der Waals surface area contributed by atoms with E-state index < -0.39 is 0 Å². The summed E-state index contributed by atoms with van der Waals surface area (Å²) < 4.78 is 0. The molecule has 1 amide bonds. The Kier molecular flexibility index (Phi) is 3.62. The van der Waals surface area contributed by atoms with Crippen LogP contribution in [0.3, 0.4) is 0 Å². The normalized spacial score (nSPS) is 25.9. The molecule has 0 aromatic heterocycles. The molecular formula is C12H22N2O. The Morgan fingerprint density at radius 2 is 1.67 bits per heavy atom. The fourth-order valence-electron chi connectivity index (χ4n) is 2.58. The second-order valence-electron chi connectivity index (χ2n) is 5.07. The van der Waals surface area contributed by atoms with Crippen molar-refractivity contribution in [3.63, 3.8) is 0 Å². The maximum Gasteiger partial charge on any atom is 0.234 e. The molecule has 15 heavy (non-hydrogen) atoms. The first-order valence-corrected chi connectivity index (χ1v) is 6.33. The fourth-order valence-corrected chi connectivity index (χ4v) is 2.58. The van der Waals surface area contributed by atoms with E-state index in [0.717, 1.165) is 0 Å². The molecule has 0 radical (unpaired) electrons. The average Bonchev–Trinajstić information content (AvgIpc) is 3.02. The zero-order valence-corrected chi connectivity index (χ0v) is 9.37. The number of hydrogen-bond acceptors (Lipinski definition) is 2. The maximum absolute atomic E-state index is 11.3. The van der Waals surface area contributed by atoms with Crippen molar-refractivity contribution in [2.75, 3.05) is 0 Å². The maximum atomic E-state index is 11.3. The predicted molar refractivity (Wildman–Crippen MR) is 60.3 cm³/mol. The molecule has 2 aliphatic carbocycles. The molecule has 2 fully saturated rings. The summed E-state index contributed by atoms with van der Waals surface area (Å²) in [5.41, 5.74) is 5.43. The molecule has 0 heterocycles. The summed E-state index contributed by atoms with van der Waals surface area (Å²) in [6.45, 7) is 0. The van der Waals surface area contributed by atoms with Gasteiger partial charge in [0.2, 0.25) is 5.91 Å². The largest absolute Gasteiger partial charge is 0.368 e. The smallest absolute Gasteiger partial charge is 0.234 e.